The molecule has 0 saturated heterocycles. The Morgan fingerprint density at radius 1 is 1.16 bits per heavy atom. The minimum absolute atomic E-state index is 0.718. The second kappa shape index (κ2) is 5.85. The molecule has 2 fully saturated rings. The van der Waals surface area contributed by atoms with E-state index in [2.05, 4.69) is 30.4 Å². The van der Waals surface area contributed by atoms with E-state index in [1.165, 1.54) is 44.1 Å². The Morgan fingerprint density at radius 3 is 2.68 bits per heavy atom. The van der Waals surface area contributed by atoms with E-state index in [4.69, 9.17) is 11.6 Å². The van der Waals surface area contributed by atoms with Crippen LogP contribution in [0.15, 0.2) is 24.3 Å². The molecule has 2 aliphatic rings. The molecule has 0 bridgehead atoms. The molecule has 3 rings (SSSR count). The maximum atomic E-state index is 6.07. The summed E-state index contributed by atoms with van der Waals surface area (Å²) in [6.07, 6.45) is 8.18. The van der Waals surface area contributed by atoms with Crippen molar-refractivity contribution in [3.05, 3.63) is 34.9 Å². The fourth-order valence-electron chi connectivity index (χ4n) is 3.65. The van der Waals surface area contributed by atoms with Crippen molar-refractivity contribution in [2.45, 2.75) is 63.5 Å². The SMILES string of the molecule is CC1CCCCC1NC1CC(c2cccc(Cl)c2)C1. The summed E-state index contributed by atoms with van der Waals surface area (Å²) < 4.78 is 0. The predicted octanol–water partition coefficient (Wildman–Crippen LogP) is 4.75. The Labute approximate surface area is 121 Å². The van der Waals surface area contributed by atoms with Gasteiger partial charge in [0.1, 0.15) is 0 Å². The van der Waals surface area contributed by atoms with E-state index in [0.717, 1.165) is 28.9 Å². The zero-order valence-corrected chi connectivity index (χ0v) is 12.5. The van der Waals surface area contributed by atoms with Crippen LogP contribution in [0.3, 0.4) is 0 Å². The summed E-state index contributed by atoms with van der Waals surface area (Å²) in [5, 5.41) is 4.76. The lowest BCUT2D eigenvalue weighted by Gasteiger charge is -2.41. The molecule has 1 aromatic rings. The van der Waals surface area contributed by atoms with Crippen LogP contribution in [-0.4, -0.2) is 12.1 Å². The van der Waals surface area contributed by atoms with Crippen LogP contribution < -0.4 is 5.32 Å². The Balaban J connectivity index is 1.50. The summed E-state index contributed by atoms with van der Waals surface area (Å²) in [6.45, 7) is 2.41. The molecule has 0 heterocycles. The number of rotatable bonds is 3. The van der Waals surface area contributed by atoms with Crippen LogP contribution in [0.1, 0.15) is 56.9 Å². The quantitative estimate of drug-likeness (QED) is 0.840. The molecule has 2 heteroatoms. The predicted molar refractivity (Wildman–Crippen MR) is 81.8 cm³/mol. The summed E-state index contributed by atoms with van der Waals surface area (Å²) in [7, 11) is 0. The van der Waals surface area contributed by atoms with Gasteiger partial charge in [0.25, 0.3) is 0 Å². The Hall–Kier alpha value is -0.530. The smallest absolute Gasteiger partial charge is 0.0408 e. The summed E-state index contributed by atoms with van der Waals surface area (Å²) in [6, 6.07) is 9.88. The molecule has 1 nitrogen and oxygen atoms in total. The Kier molecular flexibility index (Phi) is 4.14. The number of hydrogen-bond acceptors (Lipinski definition) is 1. The molecule has 0 spiro atoms. The monoisotopic (exact) mass is 277 g/mol. The van der Waals surface area contributed by atoms with Crippen molar-refractivity contribution < 1.29 is 0 Å². The van der Waals surface area contributed by atoms with Gasteiger partial charge in [-0.2, -0.15) is 0 Å². The molecule has 0 aromatic heterocycles. The minimum atomic E-state index is 0.718. The van der Waals surface area contributed by atoms with Gasteiger partial charge in [-0.15, -0.1) is 0 Å². The van der Waals surface area contributed by atoms with Crippen molar-refractivity contribution in [1.82, 2.24) is 5.32 Å². The molecule has 104 valence electrons. The van der Waals surface area contributed by atoms with Gasteiger partial charge >= 0.3 is 0 Å². The lowest BCUT2D eigenvalue weighted by atomic mass is 9.74. The van der Waals surface area contributed by atoms with Crippen LogP contribution in [0.4, 0.5) is 0 Å². The van der Waals surface area contributed by atoms with Crippen LogP contribution in [0.2, 0.25) is 5.02 Å². The van der Waals surface area contributed by atoms with Crippen LogP contribution in [0.25, 0.3) is 0 Å². The highest BCUT2D eigenvalue weighted by atomic mass is 35.5. The normalized spacial score (nSPS) is 34.8. The first-order chi connectivity index (χ1) is 9.22. The molecule has 2 atom stereocenters. The third-order valence-electron chi connectivity index (χ3n) is 5.02. The first-order valence-corrected chi connectivity index (χ1v) is 8.11. The molecule has 2 unspecified atom stereocenters. The first-order valence-electron chi connectivity index (χ1n) is 7.74. The molecular formula is C17H24ClN. The molecule has 2 saturated carbocycles. The summed E-state index contributed by atoms with van der Waals surface area (Å²) in [5.41, 5.74) is 1.42. The van der Waals surface area contributed by atoms with Crippen molar-refractivity contribution in [3.63, 3.8) is 0 Å². The first kappa shape index (κ1) is 13.5. The highest BCUT2D eigenvalue weighted by Gasteiger charge is 2.33. The second-order valence-electron chi connectivity index (χ2n) is 6.46. The number of nitrogens with one attached hydrogen (secondary N) is 1. The maximum absolute atomic E-state index is 6.07. The largest absolute Gasteiger partial charge is 0.311 e. The number of benzene rings is 1. The highest BCUT2D eigenvalue weighted by molar-refractivity contribution is 6.30. The number of hydrogen-bond donors (Lipinski definition) is 1. The maximum Gasteiger partial charge on any atom is 0.0408 e. The standard InChI is InChI=1S/C17H24ClN/c1-12-5-2-3-8-17(12)19-16-10-14(11-16)13-6-4-7-15(18)9-13/h4,6-7,9,12,14,16-17,19H,2-3,5,8,10-11H2,1H3. The van der Waals surface area contributed by atoms with Gasteiger partial charge in [-0.05, 0) is 55.2 Å². The van der Waals surface area contributed by atoms with Crippen molar-refractivity contribution in [3.8, 4) is 0 Å². The van der Waals surface area contributed by atoms with Gasteiger partial charge in [0, 0.05) is 17.1 Å². The molecule has 1 aromatic carbocycles. The van der Waals surface area contributed by atoms with Crippen molar-refractivity contribution >= 4 is 11.6 Å². The van der Waals surface area contributed by atoms with E-state index >= 15 is 0 Å². The fraction of sp³-hybridized carbons (Fsp3) is 0.647. The van der Waals surface area contributed by atoms with Gasteiger partial charge in [0.15, 0.2) is 0 Å². The van der Waals surface area contributed by atoms with Gasteiger partial charge in [-0.3, -0.25) is 0 Å². The topological polar surface area (TPSA) is 12.0 Å². The van der Waals surface area contributed by atoms with E-state index in [1.807, 2.05) is 6.07 Å². The molecule has 0 radical (unpaired) electrons. The van der Waals surface area contributed by atoms with Crippen LogP contribution in [-0.2, 0) is 0 Å². The van der Waals surface area contributed by atoms with Gasteiger partial charge in [-0.1, -0.05) is 43.5 Å². The highest BCUT2D eigenvalue weighted by Crippen LogP contribution is 2.38. The van der Waals surface area contributed by atoms with Crippen LogP contribution >= 0.6 is 11.6 Å². The minimum Gasteiger partial charge on any atom is -0.311 e. The third-order valence-corrected chi connectivity index (χ3v) is 5.25. The second-order valence-corrected chi connectivity index (χ2v) is 6.89. The van der Waals surface area contributed by atoms with E-state index in [1.54, 1.807) is 0 Å². The van der Waals surface area contributed by atoms with Crippen molar-refractivity contribution in [2.75, 3.05) is 0 Å². The lowest BCUT2D eigenvalue weighted by molar-refractivity contribution is 0.201. The van der Waals surface area contributed by atoms with Gasteiger partial charge in [0.05, 0.1) is 0 Å². The molecule has 0 aliphatic heterocycles. The zero-order chi connectivity index (χ0) is 13.2. The van der Waals surface area contributed by atoms with Crippen LogP contribution in [0, 0.1) is 5.92 Å². The lowest BCUT2D eigenvalue weighted by Crippen LogP contribution is -2.48. The van der Waals surface area contributed by atoms with E-state index in [-0.39, 0.29) is 0 Å². The molecular weight excluding hydrogens is 254 g/mol. The number of halogens is 1. The summed E-state index contributed by atoms with van der Waals surface area (Å²) in [5.74, 6) is 1.58. The van der Waals surface area contributed by atoms with E-state index in [9.17, 15) is 0 Å². The third kappa shape index (κ3) is 3.14. The molecule has 2 aliphatic carbocycles. The fourth-order valence-corrected chi connectivity index (χ4v) is 3.85. The molecule has 0 amide bonds. The average Bonchev–Trinajstić information content (AvgIpc) is 2.35. The Morgan fingerprint density at radius 2 is 1.95 bits per heavy atom. The summed E-state index contributed by atoms with van der Waals surface area (Å²) in [4.78, 5) is 0. The van der Waals surface area contributed by atoms with E-state index in [0.29, 0.717) is 0 Å². The van der Waals surface area contributed by atoms with Crippen LogP contribution in [0.5, 0.6) is 0 Å². The van der Waals surface area contributed by atoms with Gasteiger partial charge in [-0.25, -0.2) is 0 Å². The van der Waals surface area contributed by atoms with Gasteiger partial charge in [0.2, 0.25) is 0 Å². The van der Waals surface area contributed by atoms with Crippen molar-refractivity contribution in [2.24, 2.45) is 5.92 Å². The molecule has 1 N–H and O–H groups in total. The molecule has 19 heavy (non-hydrogen) atoms. The average molecular weight is 278 g/mol. The van der Waals surface area contributed by atoms with Crippen molar-refractivity contribution in [1.29, 1.82) is 0 Å². The van der Waals surface area contributed by atoms with Gasteiger partial charge < -0.3 is 5.32 Å². The Bertz CT molecular complexity index is 425. The summed E-state index contributed by atoms with van der Waals surface area (Å²) >= 11 is 6.07. The zero-order valence-electron chi connectivity index (χ0n) is 11.7. The van der Waals surface area contributed by atoms with E-state index < -0.39 is 0 Å².